The smallest absolute Gasteiger partial charge is 0.253 e. The lowest BCUT2D eigenvalue weighted by atomic mass is 10.1. The van der Waals surface area contributed by atoms with Gasteiger partial charge in [-0.05, 0) is 37.8 Å². The topological polar surface area (TPSA) is 20.3 Å². The summed E-state index contributed by atoms with van der Waals surface area (Å²) in [5.41, 5.74) is 2.01. The summed E-state index contributed by atoms with van der Waals surface area (Å²) in [6.07, 6.45) is 2.31. The van der Waals surface area contributed by atoms with Crippen molar-refractivity contribution in [3.8, 4) is 0 Å². The molecular formula is C14H18BrNO. The normalized spacial score (nSPS) is 19.6. The Morgan fingerprint density at radius 2 is 2.12 bits per heavy atom. The number of aryl methyl sites for hydroxylation is 1. The van der Waals surface area contributed by atoms with Gasteiger partial charge in [-0.3, -0.25) is 4.79 Å². The van der Waals surface area contributed by atoms with E-state index in [2.05, 4.69) is 15.9 Å². The van der Waals surface area contributed by atoms with Crippen LogP contribution in [0.2, 0.25) is 0 Å². The number of carbonyl (C=O) groups is 1. The molecule has 0 radical (unpaired) electrons. The van der Waals surface area contributed by atoms with Crippen LogP contribution in [0, 0.1) is 12.8 Å². The average molecular weight is 296 g/mol. The van der Waals surface area contributed by atoms with Crippen LogP contribution in [0.25, 0.3) is 0 Å². The van der Waals surface area contributed by atoms with Gasteiger partial charge in [-0.2, -0.15) is 0 Å². The number of hydrogen-bond donors (Lipinski definition) is 0. The van der Waals surface area contributed by atoms with Crippen LogP contribution in [0.15, 0.2) is 24.3 Å². The summed E-state index contributed by atoms with van der Waals surface area (Å²) < 4.78 is 0. The number of likely N-dealkylation sites (tertiary alicyclic amines) is 1. The Balaban J connectivity index is 1.99. The fourth-order valence-electron chi connectivity index (χ4n) is 2.29. The number of alkyl halides is 1. The van der Waals surface area contributed by atoms with E-state index in [0.29, 0.717) is 5.92 Å². The van der Waals surface area contributed by atoms with Crippen LogP contribution in [0.4, 0.5) is 0 Å². The SMILES string of the molecule is Cc1ccc(C(=O)N2CCC(CCBr)C2)cc1. The second-order valence-electron chi connectivity index (χ2n) is 4.75. The van der Waals surface area contributed by atoms with Crippen LogP contribution < -0.4 is 0 Å². The van der Waals surface area contributed by atoms with Crippen LogP contribution >= 0.6 is 15.9 Å². The zero-order valence-electron chi connectivity index (χ0n) is 10.2. The zero-order valence-corrected chi connectivity index (χ0v) is 11.7. The maximum Gasteiger partial charge on any atom is 0.253 e. The number of carbonyl (C=O) groups excluding carboxylic acids is 1. The van der Waals surface area contributed by atoms with Crippen LogP contribution in [-0.4, -0.2) is 29.2 Å². The maximum absolute atomic E-state index is 12.2. The van der Waals surface area contributed by atoms with E-state index in [0.717, 1.165) is 36.8 Å². The first-order valence-electron chi connectivity index (χ1n) is 6.12. The third-order valence-electron chi connectivity index (χ3n) is 3.39. The molecule has 1 aliphatic rings. The van der Waals surface area contributed by atoms with Gasteiger partial charge < -0.3 is 4.90 Å². The van der Waals surface area contributed by atoms with Gasteiger partial charge in [0, 0.05) is 24.0 Å². The molecule has 1 aromatic carbocycles. The first-order chi connectivity index (χ1) is 8.20. The monoisotopic (exact) mass is 295 g/mol. The molecule has 1 aromatic rings. The highest BCUT2D eigenvalue weighted by Crippen LogP contribution is 2.22. The minimum absolute atomic E-state index is 0.182. The molecule has 1 amide bonds. The van der Waals surface area contributed by atoms with Crippen molar-refractivity contribution in [2.75, 3.05) is 18.4 Å². The number of nitrogens with zero attached hydrogens (tertiary/aromatic N) is 1. The molecule has 1 heterocycles. The third-order valence-corrected chi connectivity index (χ3v) is 3.85. The molecule has 1 aliphatic heterocycles. The summed E-state index contributed by atoms with van der Waals surface area (Å²) in [5, 5.41) is 1.03. The maximum atomic E-state index is 12.2. The van der Waals surface area contributed by atoms with Crippen molar-refractivity contribution in [3.63, 3.8) is 0 Å². The number of rotatable bonds is 3. The predicted octanol–water partition coefficient (Wildman–Crippen LogP) is 3.24. The van der Waals surface area contributed by atoms with E-state index in [1.165, 1.54) is 5.56 Å². The highest BCUT2D eigenvalue weighted by molar-refractivity contribution is 9.09. The molecule has 0 aromatic heterocycles. The Kier molecular flexibility index (Phi) is 4.21. The molecule has 0 aliphatic carbocycles. The Morgan fingerprint density at radius 3 is 2.76 bits per heavy atom. The standard InChI is InChI=1S/C14H18BrNO/c1-11-2-4-13(5-3-11)14(17)16-9-7-12(10-16)6-8-15/h2-5,12H,6-10H2,1H3. The number of amides is 1. The summed E-state index contributed by atoms with van der Waals surface area (Å²) in [6, 6.07) is 7.85. The lowest BCUT2D eigenvalue weighted by Gasteiger charge is -2.16. The third kappa shape index (κ3) is 3.09. The summed E-state index contributed by atoms with van der Waals surface area (Å²) in [6.45, 7) is 3.86. The Labute approximate surface area is 111 Å². The summed E-state index contributed by atoms with van der Waals surface area (Å²) in [4.78, 5) is 14.2. The second kappa shape index (κ2) is 5.67. The molecule has 0 bridgehead atoms. The van der Waals surface area contributed by atoms with E-state index in [4.69, 9.17) is 0 Å². The fourth-order valence-corrected chi connectivity index (χ4v) is 2.93. The molecule has 1 unspecified atom stereocenters. The molecule has 17 heavy (non-hydrogen) atoms. The van der Waals surface area contributed by atoms with Gasteiger partial charge in [-0.25, -0.2) is 0 Å². The van der Waals surface area contributed by atoms with Gasteiger partial charge in [-0.1, -0.05) is 33.6 Å². The number of hydrogen-bond acceptors (Lipinski definition) is 1. The van der Waals surface area contributed by atoms with Gasteiger partial charge in [0.1, 0.15) is 0 Å². The second-order valence-corrected chi connectivity index (χ2v) is 5.54. The minimum atomic E-state index is 0.182. The van der Waals surface area contributed by atoms with Gasteiger partial charge in [0.15, 0.2) is 0 Å². The van der Waals surface area contributed by atoms with Crippen molar-refractivity contribution in [1.29, 1.82) is 0 Å². The van der Waals surface area contributed by atoms with Crippen molar-refractivity contribution < 1.29 is 4.79 Å². The molecule has 0 N–H and O–H groups in total. The fraction of sp³-hybridized carbons (Fsp3) is 0.500. The van der Waals surface area contributed by atoms with E-state index in [-0.39, 0.29) is 5.91 Å². The molecule has 0 saturated carbocycles. The lowest BCUT2D eigenvalue weighted by Crippen LogP contribution is -2.28. The van der Waals surface area contributed by atoms with Gasteiger partial charge in [-0.15, -0.1) is 0 Å². The molecule has 2 nitrogen and oxygen atoms in total. The van der Waals surface area contributed by atoms with Crippen molar-refractivity contribution in [3.05, 3.63) is 35.4 Å². The number of benzene rings is 1. The van der Waals surface area contributed by atoms with Crippen LogP contribution in [0.5, 0.6) is 0 Å². The van der Waals surface area contributed by atoms with E-state index < -0.39 is 0 Å². The highest BCUT2D eigenvalue weighted by atomic mass is 79.9. The van der Waals surface area contributed by atoms with E-state index in [1.54, 1.807) is 0 Å². The molecule has 1 saturated heterocycles. The van der Waals surface area contributed by atoms with E-state index in [9.17, 15) is 4.79 Å². The van der Waals surface area contributed by atoms with Crippen LogP contribution in [0.1, 0.15) is 28.8 Å². The van der Waals surface area contributed by atoms with E-state index in [1.807, 2.05) is 36.1 Å². The molecule has 0 spiro atoms. The van der Waals surface area contributed by atoms with Crippen molar-refractivity contribution in [2.45, 2.75) is 19.8 Å². The van der Waals surface area contributed by atoms with Crippen molar-refractivity contribution >= 4 is 21.8 Å². The largest absolute Gasteiger partial charge is 0.338 e. The van der Waals surface area contributed by atoms with Gasteiger partial charge in [0.25, 0.3) is 5.91 Å². The first kappa shape index (κ1) is 12.6. The van der Waals surface area contributed by atoms with Crippen LogP contribution in [-0.2, 0) is 0 Å². The van der Waals surface area contributed by atoms with E-state index >= 15 is 0 Å². The minimum Gasteiger partial charge on any atom is -0.338 e. The summed E-state index contributed by atoms with van der Waals surface area (Å²) in [5.74, 6) is 0.853. The number of halogens is 1. The van der Waals surface area contributed by atoms with Crippen molar-refractivity contribution in [2.24, 2.45) is 5.92 Å². The summed E-state index contributed by atoms with van der Waals surface area (Å²) >= 11 is 3.47. The first-order valence-corrected chi connectivity index (χ1v) is 7.25. The Morgan fingerprint density at radius 1 is 1.41 bits per heavy atom. The predicted molar refractivity (Wildman–Crippen MR) is 73.6 cm³/mol. The quantitative estimate of drug-likeness (QED) is 0.784. The highest BCUT2D eigenvalue weighted by Gasteiger charge is 2.26. The average Bonchev–Trinajstić information content (AvgIpc) is 2.78. The van der Waals surface area contributed by atoms with Gasteiger partial charge >= 0.3 is 0 Å². The Bertz CT molecular complexity index is 388. The van der Waals surface area contributed by atoms with Gasteiger partial charge in [0.2, 0.25) is 0 Å². The molecule has 1 fully saturated rings. The molecule has 1 atom stereocenters. The summed E-state index contributed by atoms with van der Waals surface area (Å²) in [7, 11) is 0. The van der Waals surface area contributed by atoms with Crippen molar-refractivity contribution in [1.82, 2.24) is 4.90 Å². The van der Waals surface area contributed by atoms with Crippen LogP contribution in [0.3, 0.4) is 0 Å². The van der Waals surface area contributed by atoms with Gasteiger partial charge in [0.05, 0.1) is 0 Å². The lowest BCUT2D eigenvalue weighted by molar-refractivity contribution is 0.0787. The molecule has 3 heteroatoms. The Hall–Kier alpha value is -0.830. The molecular weight excluding hydrogens is 278 g/mol. The molecule has 2 rings (SSSR count). The zero-order chi connectivity index (χ0) is 12.3. The molecule has 92 valence electrons.